The summed E-state index contributed by atoms with van der Waals surface area (Å²) in [6.07, 6.45) is 0. The number of thioether (sulfide) groups is 1. The lowest BCUT2D eigenvalue weighted by Crippen LogP contribution is -2.18. The van der Waals surface area contributed by atoms with Crippen LogP contribution in [-0.2, 0) is 0 Å². The second-order valence-corrected chi connectivity index (χ2v) is 3.23. The zero-order chi connectivity index (χ0) is 7.11. The lowest BCUT2D eigenvalue weighted by molar-refractivity contribution is 0.995. The zero-order valence-corrected chi connectivity index (χ0v) is 7.15. The van der Waals surface area contributed by atoms with Gasteiger partial charge in [-0.25, -0.2) is 0 Å². The normalized spacial score (nSPS) is 9.11. The fourth-order valence-electron chi connectivity index (χ4n) is 0.347. The van der Waals surface area contributed by atoms with Crippen LogP contribution in [0.4, 0.5) is 0 Å². The first kappa shape index (κ1) is 9.20. The average molecular weight is 164 g/mol. The Bertz CT molecular complexity index is 85.0. The number of thiocarbonyl (C=S) groups is 1. The van der Waals surface area contributed by atoms with E-state index in [1.165, 1.54) is 0 Å². The first-order valence-electron chi connectivity index (χ1n) is 2.92. The highest BCUT2D eigenvalue weighted by molar-refractivity contribution is 8.22. The number of rotatable bonds is 3. The van der Waals surface area contributed by atoms with Crippen molar-refractivity contribution in [2.45, 2.75) is 6.92 Å². The van der Waals surface area contributed by atoms with Crippen molar-refractivity contribution in [3.05, 3.63) is 0 Å². The molecule has 0 aromatic carbocycles. The van der Waals surface area contributed by atoms with E-state index in [2.05, 4.69) is 5.32 Å². The van der Waals surface area contributed by atoms with E-state index >= 15 is 0 Å². The van der Waals surface area contributed by atoms with Gasteiger partial charge in [-0.1, -0.05) is 24.0 Å². The molecule has 0 atom stereocenters. The van der Waals surface area contributed by atoms with Gasteiger partial charge < -0.3 is 11.1 Å². The van der Waals surface area contributed by atoms with Gasteiger partial charge in [0.2, 0.25) is 0 Å². The number of nitrogens with two attached hydrogens (primary N) is 1. The van der Waals surface area contributed by atoms with Crippen LogP contribution in [-0.4, -0.2) is 23.2 Å². The topological polar surface area (TPSA) is 38.0 Å². The molecule has 0 aliphatic rings. The van der Waals surface area contributed by atoms with Gasteiger partial charge in [0, 0.05) is 18.8 Å². The SMILES string of the molecule is CCNC(=S)SCCN. The third-order valence-electron chi connectivity index (χ3n) is 0.672. The molecule has 3 N–H and O–H groups in total. The smallest absolute Gasteiger partial charge is 0.133 e. The van der Waals surface area contributed by atoms with E-state index in [1.54, 1.807) is 11.8 Å². The molecule has 0 fully saturated rings. The summed E-state index contributed by atoms with van der Waals surface area (Å²) in [4.78, 5) is 0. The van der Waals surface area contributed by atoms with E-state index in [1.807, 2.05) is 6.92 Å². The maximum Gasteiger partial charge on any atom is 0.133 e. The Balaban J connectivity index is 3.06. The van der Waals surface area contributed by atoms with Crippen LogP contribution < -0.4 is 11.1 Å². The van der Waals surface area contributed by atoms with E-state index < -0.39 is 0 Å². The van der Waals surface area contributed by atoms with Crippen molar-refractivity contribution in [1.29, 1.82) is 0 Å². The highest BCUT2D eigenvalue weighted by Crippen LogP contribution is 1.98. The highest BCUT2D eigenvalue weighted by Gasteiger charge is 1.90. The Labute approximate surface area is 65.6 Å². The van der Waals surface area contributed by atoms with E-state index in [9.17, 15) is 0 Å². The molecule has 0 saturated heterocycles. The maximum atomic E-state index is 5.26. The third-order valence-corrected chi connectivity index (χ3v) is 2.02. The van der Waals surface area contributed by atoms with Crippen molar-refractivity contribution in [1.82, 2.24) is 5.32 Å². The first-order valence-corrected chi connectivity index (χ1v) is 4.31. The van der Waals surface area contributed by atoms with Crippen molar-refractivity contribution < 1.29 is 0 Å². The largest absolute Gasteiger partial charge is 0.371 e. The summed E-state index contributed by atoms with van der Waals surface area (Å²) in [7, 11) is 0. The Morgan fingerprint density at radius 1 is 1.78 bits per heavy atom. The molecule has 0 heterocycles. The molecule has 0 saturated carbocycles. The van der Waals surface area contributed by atoms with Crippen LogP contribution in [0.2, 0.25) is 0 Å². The summed E-state index contributed by atoms with van der Waals surface area (Å²) in [5.74, 6) is 0.909. The summed E-state index contributed by atoms with van der Waals surface area (Å²) < 4.78 is 0.850. The van der Waals surface area contributed by atoms with Crippen LogP contribution in [0.5, 0.6) is 0 Å². The van der Waals surface area contributed by atoms with Gasteiger partial charge in [-0.2, -0.15) is 0 Å². The third kappa shape index (κ3) is 6.08. The van der Waals surface area contributed by atoms with Crippen LogP contribution in [0.15, 0.2) is 0 Å². The van der Waals surface area contributed by atoms with Crippen LogP contribution in [0.25, 0.3) is 0 Å². The fourth-order valence-corrected chi connectivity index (χ4v) is 1.29. The van der Waals surface area contributed by atoms with E-state index in [0.717, 1.165) is 16.6 Å². The van der Waals surface area contributed by atoms with Gasteiger partial charge in [-0.05, 0) is 6.92 Å². The minimum absolute atomic E-state index is 0.691. The first-order chi connectivity index (χ1) is 4.31. The average Bonchev–Trinajstić information content (AvgIpc) is 1.85. The van der Waals surface area contributed by atoms with Crippen molar-refractivity contribution >= 4 is 28.3 Å². The molecule has 0 aromatic heterocycles. The van der Waals surface area contributed by atoms with Crippen LogP contribution in [0, 0.1) is 0 Å². The van der Waals surface area contributed by atoms with Crippen molar-refractivity contribution in [2.75, 3.05) is 18.8 Å². The Kier molecular flexibility index (Phi) is 6.46. The standard InChI is InChI=1S/C5H12N2S2/c1-2-7-5(8)9-4-3-6/h2-4,6H2,1H3,(H,7,8). The Morgan fingerprint density at radius 3 is 2.89 bits per heavy atom. The molecule has 0 bridgehead atoms. The summed E-state index contributed by atoms with van der Waals surface area (Å²) in [5, 5.41) is 3.02. The summed E-state index contributed by atoms with van der Waals surface area (Å²) in [5.41, 5.74) is 5.26. The second kappa shape index (κ2) is 6.32. The molecule has 0 aliphatic carbocycles. The summed E-state index contributed by atoms with van der Waals surface area (Å²) >= 11 is 6.51. The minimum atomic E-state index is 0.691. The van der Waals surface area contributed by atoms with E-state index in [0.29, 0.717) is 6.54 Å². The van der Waals surface area contributed by atoms with Gasteiger partial charge >= 0.3 is 0 Å². The molecule has 9 heavy (non-hydrogen) atoms. The molecule has 0 unspecified atom stereocenters. The number of hydrogen-bond donors (Lipinski definition) is 2. The molecular formula is C5H12N2S2. The van der Waals surface area contributed by atoms with Crippen molar-refractivity contribution in [3.8, 4) is 0 Å². The molecule has 0 radical (unpaired) electrons. The molecule has 0 spiro atoms. The Hall–Kier alpha value is 0.200. The predicted octanol–water partition coefficient (Wildman–Crippen LogP) is 0.573. The molecule has 0 amide bonds. The van der Waals surface area contributed by atoms with Crippen molar-refractivity contribution in [2.24, 2.45) is 5.73 Å². The lowest BCUT2D eigenvalue weighted by atomic mass is 10.8. The second-order valence-electron chi connectivity index (χ2n) is 1.45. The van der Waals surface area contributed by atoms with Gasteiger partial charge in [0.25, 0.3) is 0 Å². The van der Waals surface area contributed by atoms with Gasteiger partial charge in [-0.3, -0.25) is 0 Å². The van der Waals surface area contributed by atoms with Gasteiger partial charge in [0.15, 0.2) is 0 Å². The maximum absolute atomic E-state index is 5.26. The number of nitrogens with one attached hydrogen (secondary N) is 1. The molecule has 0 rings (SSSR count). The molecule has 2 nitrogen and oxygen atoms in total. The van der Waals surface area contributed by atoms with Crippen LogP contribution in [0.3, 0.4) is 0 Å². The zero-order valence-electron chi connectivity index (χ0n) is 5.52. The number of hydrogen-bond acceptors (Lipinski definition) is 3. The molecule has 4 heteroatoms. The highest BCUT2D eigenvalue weighted by atomic mass is 32.2. The molecule has 0 aromatic rings. The van der Waals surface area contributed by atoms with Gasteiger partial charge in [-0.15, -0.1) is 0 Å². The van der Waals surface area contributed by atoms with Crippen molar-refractivity contribution in [3.63, 3.8) is 0 Å². The monoisotopic (exact) mass is 164 g/mol. The van der Waals surface area contributed by atoms with Crippen LogP contribution in [0.1, 0.15) is 6.92 Å². The predicted molar refractivity (Wildman–Crippen MR) is 47.8 cm³/mol. The molecular weight excluding hydrogens is 152 g/mol. The molecule has 0 aliphatic heterocycles. The van der Waals surface area contributed by atoms with Gasteiger partial charge in [0.05, 0.1) is 0 Å². The van der Waals surface area contributed by atoms with E-state index in [-0.39, 0.29) is 0 Å². The fraction of sp³-hybridized carbons (Fsp3) is 0.800. The lowest BCUT2D eigenvalue weighted by Gasteiger charge is -2.01. The van der Waals surface area contributed by atoms with Gasteiger partial charge in [0.1, 0.15) is 4.32 Å². The Morgan fingerprint density at radius 2 is 2.44 bits per heavy atom. The van der Waals surface area contributed by atoms with E-state index in [4.69, 9.17) is 18.0 Å². The minimum Gasteiger partial charge on any atom is -0.371 e. The molecule has 54 valence electrons. The quantitative estimate of drug-likeness (QED) is 0.598. The summed E-state index contributed by atoms with van der Waals surface area (Å²) in [6.45, 7) is 3.61. The van der Waals surface area contributed by atoms with Crippen LogP contribution >= 0.6 is 24.0 Å². The summed E-state index contributed by atoms with van der Waals surface area (Å²) in [6, 6.07) is 0.